The number of nitrogens with two attached hydrogens (primary N) is 1. The Morgan fingerprint density at radius 1 is 0.292 bits per heavy atom. The molecule has 0 saturated carbocycles. The Labute approximate surface area is 304 Å². The summed E-state index contributed by atoms with van der Waals surface area (Å²) in [6.45, 7) is 15.2. The van der Waals surface area contributed by atoms with Gasteiger partial charge in [-0.05, 0) is 110 Å². The molecule has 0 fully saturated rings. The van der Waals surface area contributed by atoms with Crippen LogP contribution in [0.5, 0.6) is 0 Å². The van der Waals surface area contributed by atoms with Gasteiger partial charge in [0.05, 0.1) is 0 Å². The Morgan fingerprint density at radius 3 is 0.896 bits per heavy atom. The van der Waals surface area contributed by atoms with Crippen LogP contribution in [0.2, 0.25) is 0 Å². The van der Waals surface area contributed by atoms with E-state index in [0.717, 1.165) is 13.0 Å². The molecule has 0 aromatic heterocycles. The van der Waals surface area contributed by atoms with Gasteiger partial charge >= 0.3 is 0 Å². The molecule has 0 spiro atoms. The molecule has 0 bridgehead atoms. The van der Waals surface area contributed by atoms with Crippen LogP contribution in [0.4, 0.5) is 0 Å². The highest BCUT2D eigenvalue weighted by Gasteiger charge is 2.09. The third-order valence-electron chi connectivity index (χ3n) is 10.2. The fraction of sp³-hybridized carbons (Fsp3) is 0.911. The van der Waals surface area contributed by atoms with Gasteiger partial charge in [-0.1, -0.05) is 167 Å². The molecule has 0 aliphatic carbocycles. The Morgan fingerprint density at radius 2 is 0.562 bits per heavy atom. The van der Waals surface area contributed by atoms with Crippen molar-refractivity contribution >= 4 is 0 Å². The zero-order valence-corrected chi connectivity index (χ0v) is 33.7. The van der Waals surface area contributed by atoms with E-state index in [9.17, 15) is 0 Å². The van der Waals surface area contributed by atoms with E-state index < -0.39 is 0 Å². The number of unbranched alkanes of at least 4 members (excludes halogenated alkanes) is 25. The lowest BCUT2D eigenvalue weighted by Crippen LogP contribution is -2.37. The van der Waals surface area contributed by atoms with E-state index in [1.807, 2.05) is 0 Å². The Hall–Kier alpha value is -0.640. The van der Waals surface area contributed by atoms with Gasteiger partial charge in [0.25, 0.3) is 0 Å². The number of hydrogen-bond acceptors (Lipinski definition) is 3. The zero-order valence-electron chi connectivity index (χ0n) is 33.7. The second-order valence-corrected chi connectivity index (χ2v) is 15.1. The third kappa shape index (κ3) is 38.2. The van der Waals surface area contributed by atoms with Crippen molar-refractivity contribution in [2.24, 2.45) is 5.73 Å². The first-order valence-electron chi connectivity index (χ1n) is 22.2. The van der Waals surface area contributed by atoms with E-state index in [-0.39, 0.29) is 0 Å². The first kappa shape index (κ1) is 47.4. The topological polar surface area (TPSA) is 32.5 Å². The lowest BCUT2D eigenvalue weighted by molar-refractivity contribution is 0.195. The van der Waals surface area contributed by atoms with E-state index in [2.05, 4.69) is 54.9 Å². The molecular formula is C45H91N3. The highest BCUT2D eigenvalue weighted by molar-refractivity contribution is 4.82. The van der Waals surface area contributed by atoms with E-state index in [1.54, 1.807) is 0 Å². The molecule has 0 aromatic carbocycles. The predicted octanol–water partition coefficient (Wildman–Crippen LogP) is 13.8. The minimum absolute atomic E-state index is 0.818. The maximum atomic E-state index is 5.92. The molecule has 0 aromatic rings. The normalized spacial score (nSPS) is 12.2. The van der Waals surface area contributed by atoms with Gasteiger partial charge in [0.15, 0.2) is 0 Å². The molecule has 0 atom stereocenters. The molecule has 0 unspecified atom stereocenters. The Kier molecular flexibility index (Phi) is 42.0. The summed E-state index contributed by atoms with van der Waals surface area (Å²) in [6.07, 6.45) is 52.4. The fourth-order valence-electron chi connectivity index (χ4n) is 6.82. The highest BCUT2D eigenvalue weighted by Crippen LogP contribution is 2.13. The van der Waals surface area contributed by atoms with Gasteiger partial charge in [-0.25, -0.2) is 0 Å². The van der Waals surface area contributed by atoms with Gasteiger partial charge < -0.3 is 15.5 Å². The molecule has 3 heteroatoms. The van der Waals surface area contributed by atoms with Crippen molar-refractivity contribution in [2.75, 3.05) is 45.8 Å². The smallest absolute Gasteiger partial charge is 0.0109 e. The fourth-order valence-corrected chi connectivity index (χ4v) is 6.82. The summed E-state index contributed by atoms with van der Waals surface area (Å²) < 4.78 is 0. The van der Waals surface area contributed by atoms with Crippen molar-refractivity contribution in [1.82, 2.24) is 9.80 Å². The van der Waals surface area contributed by atoms with Crippen molar-refractivity contribution in [3.8, 4) is 0 Å². The molecule has 0 rings (SSSR count). The van der Waals surface area contributed by atoms with Gasteiger partial charge in [0, 0.05) is 13.1 Å². The van der Waals surface area contributed by atoms with Crippen LogP contribution in [0.15, 0.2) is 24.3 Å². The summed E-state index contributed by atoms with van der Waals surface area (Å²) in [5.74, 6) is 0. The van der Waals surface area contributed by atoms with Gasteiger partial charge in [-0.15, -0.1) is 0 Å². The van der Waals surface area contributed by atoms with Crippen LogP contribution < -0.4 is 5.73 Å². The standard InChI is InChI=1S/C45H91N3/c1-4-7-10-12-14-16-18-20-22-24-26-28-30-32-34-36-41-47(40-9-6-3)44-45-48(43-38-39-46)42-37-35-33-31-29-27-25-23-21-19-17-15-13-11-8-5-2/h20-23H,4-19,24-46H2,1-3H3/b22-20+,23-21+. The number of nitrogens with zero attached hydrogens (tertiary/aromatic N) is 2. The summed E-state index contributed by atoms with van der Waals surface area (Å²) in [6, 6.07) is 0. The quantitative estimate of drug-likeness (QED) is 0.0518. The van der Waals surface area contributed by atoms with Crippen LogP contribution in [-0.4, -0.2) is 55.6 Å². The van der Waals surface area contributed by atoms with Crippen LogP contribution in [0.25, 0.3) is 0 Å². The van der Waals surface area contributed by atoms with Crippen molar-refractivity contribution in [3.63, 3.8) is 0 Å². The third-order valence-corrected chi connectivity index (χ3v) is 10.2. The van der Waals surface area contributed by atoms with E-state index in [1.165, 1.54) is 232 Å². The van der Waals surface area contributed by atoms with Crippen molar-refractivity contribution < 1.29 is 0 Å². The maximum absolute atomic E-state index is 5.92. The highest BCUT2D eigenvalue weighted by atomic mass is 15.2. The number of allylic oxidation sites excluding steroid dienone is 4. The SMILES string of the molecule is CCCCCCCC/C=C/CCCCCCCCN(CCCC)CCN(CCCN)CCCCCCCC/C=C/CCCCCCCC. The Balaban J connectivity index is 3.93. The molecule has 0 aliphatic heterocycles. The summed E-state index contributed by atoms with van der Waals surface area (Å²) in [7, 11) is 0. The summed E-state index contributed by atoms with van der Waals surface area (Å²) in [4.78, 5) is 5.50. The monoisotopic (exact) mass is 674 g/mol. The van der Waals surface area contributed by atoms with E-state index in [0.29, 0.717) is 0 Å². The molecule has 0 saturated heterocycles. The molecule has 0 amide bonds. The average molecular weight is 674 g/mol. The summed E-state index contributed by atoms with van der Waals surface area (Å²) in [5.41, 5.74) is 5.92. The molecule has 0 aliphatic rings. The van der Waals surface area contributed by atoms with Crippen LogP contribution in [0, 0.1) is 0 Å². The molecule has 2 N–H and O–H groups in total. The second kappa shape index (κ2) is 42.5. The van der Waals surface area contributed by atoms with Crippen LogP contribution in [-0.2, 0) is 0 Å². The summed E-state index contributed by atoms with van der Waals surface area (Å²) >= 11 is 0. The second-order valence-electron chi connectivity index (χ2n) is 15.1. The van der Waals surface area contributed by atoms with Crippen molar-refractivity contribution in [1.29, 1.82) is 0 Å². The molecule has 48 heavy (non-hydrogen) atoms. The average Bonchev–Trinajstić information content (AvgIpc) is 3.10. The van der Waals surface area contributed by atoms with Crippen molar-refractivity contribution in [2.45, 2.75) is 220 Å². The molecule has 0 radical (unpaired) electrons. The van der Waals surface area contributed by atoms with Crippen LogP contribution in [0.1, 0.15) is 220 Å². The molecular weight excluding hydrogens is 583 g/mol. The van der Waals surface area contributed by atoms with E-state index >= 15 is 0 Å². The van der Waals surface area contributed by atoms with E-state index in [4.69, 9.17) is 5.73 Å². The maximum Gasteiger partial charge on any atom is 0.0109 e. The summed E-state index contributed by atoms with van der Waals surface area (Å²) in [5, 5.41) is 0. The molecule has 286 valence electrons. The molecule has 0 heterocycles. The minimum Gasteiger partial charge on any atom is -0.330 e. The number of rotatable bonds is 41. The predicted molar refractivity (Wildman–Crippen MR) is 220 cm³/mol. The number of hydrogen-bond donors (Lipinski definition) is 1. The lowest BCUT2D eigenvalue weighted by Gasteiger charge is -2.28. The largest absolute Gasteiger partial charge is 0.330 e. The Bertz CT molecular complexity index is 576. The van der Waals surface area contributed by atoms with Crippen LogP contribution >= 0.6 is 0 Å². The molecule has 3 nitrogen and oxygen atoms in total. The van der Waals surface area contributed by atoms with Crippen molar-refractivity contribution in [3.05, 3.63) is 24.3 Å². The van der Waals surface area contributed by atoms with Gasteiger partial charge in [-0.3, -0.25) is 0 Å². The lowest BCUT2D eigenvalue weighted by atomic mass is 10.1. The van der Waals surface area contributed by atoms with Gasteiger partial charge in [-0.2, -0.15) is 0 Å². The zero-order chi connectivity index (χ0) is 34.9. The first-order chi connectivity index (χ1) is 23.8. The first-order valence-corrected chi connectivity index (χ1v) is 22.2. The van der Waals surface area contributed by atoms with Crippen LogP contribution in [0.3, 0.4) is 0 Å². The minimum atomic E-state index is 0.818. The van der Waals surface area contributed by atoms with Gasteiger partial charge in [0.1, 0.15) is 0 Å². The van der Waals surface area contributed by atoms with Gasteiger partial charge in [0.2, 0.25) is 0 Å².